The Labute approximate surface area is 186 Å². The molecule has 0 saturated heterocycles. The maximum absolute atomic E-state index is 12.8. The van der Waals surface area contributed by atoms with Crippen LogP contribution in [0.1, 0.15) is 21.8 Å². The van der Waals surface area contributed by atoms with Crippen molar-refractivity contribution in [3.05, 3.63) is 35.1 Å². The number of carbonyl (C=O) groups is 3. The van der Waals surface area contributed by atoms with Crippen molar-refractivity contribution in [1.82, 2.24) is 24.8 Å². The van der Waals surface area contributed by atoms with E-state index in [1.165, 1.54) is 39.2 Å². The van der Waals surface area contributed by atoms with Gasteiger partial charge in [-0.15, -0.1) is 0 Å². The summed E-state index contributed by atoms with van der Waals surface area (Å²) in [6.45, 7) is 0.300. The first-order valence-electron chi connectivity index (χ1n) is 9.49. The molecule has 0 unspecified atom stereocenters. The van der Waals surface area contributed by atoms with Crippen LogP contribution in [0.25, 0.3) is 10.3 Å². The van der Waals surface area contributed by atoms with Gasteiger partial charge < -0.3 is 15.1 Å². The Morgan fingerprint density at radius 2 is 2.00 bits per heavy atom. The number of benzene rings is 1. The molecule has 1 aromatic carbocycles. The number of carbonyl (C=O) groups excluding carboxylic acids is 3. The minimum Gasteiger partial charge on any atom is -0.349 e. The lowest BCUT2D eigenvalue weighted by Gasteiger charge is -2.17. The zero-order valence-electron chi connectivity index (χ0n) is 17.2. The minimum atomic E-state index is -0.270. The molecule has 0 spiro atoms. The van der Waals surface area contributed by atoms with Crippen LogP contribution >= 0.6 is 23.1 Å². The fourth-order valence-electron chi connectivity index (χ4n) is 3.01. The van der Waals surface area contributed by atoms with E-state index < -0.39 is 0 Å². The molecule has 0 bridgehead atoms. The summed E-state index contributed by atoms with van der Waals surface area (Å²) in [7, 11) is 5.01. The minimum absolute atomic E-state index is 0.0458. The summed E-state index contributed by atoms with van der Waals surface area (Å²) < 4.78 is 0. The molecule has 1 aliphatic rings. The highest BCUT2D eigenvalue weighted by atomic mass is 32.2. The number of aromatic nitrogens is 3. The summed E-state index contributed by atoms with van der Waals surface area (Å²) >= 11 is 2.42. The second-order valence-electron chi connectivity index (χ2n) is 7.26. The number of nitrogens with zero attached hydrogens (tertiary/aromatic N) is 5. The third kappa shape index (κ3) is 4.52. The molecule has 0 atom stereocenters. The van der Waals surface area contributed by atoms with Crippen LogP contribution in [0.2, 0.25) is 0 Å². The summed E-state index contributed by atoms with van der Waals surface area (Å²) in [5.74, 6) is 0.170. The average Bonchev–Trinajstić information content (AvgIpc) is 3.33. The number of nitrogens with one attached hydrogen (secondary N) is 1. The summed E-state index contributed by atoms with van der Waals surface area (Å²) in [6.07, 6.45) is 2.11. The van der Waals surface area contributed by atoms with Gasteiger partial charge in [0.05, 0.1) is 0 Å². The highest BCUT2D eigenvalue weighted by Crippen LogP contribution is 2.35. The number of hydrogen-bond acceptors (Lipinski definition) is 9. The largest absolute Gasteiger partial charge is 0.349 e. The molecule has 0 fully saturated rings. The molecule has 160 valence electrons. The van der Waals surface area contributed by atoms with Crippen molar-refractivity contribution in [1.29, 1.82) is 0 Å². The summed E-state index contributed by atoms with van der Waals surface area (Å²) in [5.41, 5.74) is 2.30. The molecule has 0 radical (unpaired) electrons. The quantitative estimate of drug-likeness (QED) is 0.603. The third-order valence-corrected chi connectivity index (χ3v) is 6.70. The van der Waals surface area contributed by atoms with Crippen molar-refractivity contribution in [2.24, 2.45) is 0 Å². The fraction of sp³-hybridized carbons (Fsp3) is 0.300. The highest BCUT2D eigenvalue weighted by Gasteiger charge is 2.22. The van der Waals surface area contributed by atoms with E-state index in [1.807, 2.05) is 18.2 Å². The van der Waals surface area contributed by atoms with Crippen LogP contribution in [0.3, 0.4) is 0 Å². The average molecular weight is 457 g/mol. The molecule has 1 N–H and O–H groups in total. The Kier molecular flexibility index (Phi) is 5.88. The van der Waals surface area contributed by atoms with Crippen molar-refractivity contribution in [3.63, 3.8) is 0 Å². The van der Waals surface area contributed by atoms with E-state index in [2.05, 4.69) is 20.3 Å². The maximum atomic E-state index is 12.8. The lowest BCUT2D eigenvalue weighted by molar-refractivity contribution is -0.128. The first-order chi connectivity index (χ1) is 14.8. The Morgan fingerprint density at radius 3 is 2.77 bits per heavy atom. The van der Waals surface area contributed by atoms with Gasteiger partial charge in [0.25, 0.3) is 5.91 Å². The second kappa shape index (κ2) is 8.60. The van der Waals surface area contributed by atoms with Gasteiger partial charge in [-0.05, 0) is 17.7 Å². The molecule has 3 heterocycles. The van der Waals surface area contributed by atoms with E-state index in [9.17, 15) is 14.4 Å². The maximum Gasteiger partial charge on any atom is 0.282 e. The first kappa shape index (κ1) is 21.2. The van der Waals surface area contributed by atoms with E-state index in [0.29, 0.717) is 29.1 Å². The number of fused-ring (bicyclic) bond motifs is 2. The van der Waals surface area contributed by atoms with Gasteiger partial charge >= 0.3 is 0 Å². The van der Waals surface area contributed by atoms with E-state index in [-0.39, 0.29) is 28.4 Å². The molecule has 9 nitrogen and oxygen atoms in total. The van der Waals surface area contributed by atoms with Gasteiger partial charge in [0.2, 0.25) is 5.91 Å². The predicted octanol–water partition coefficient (Wildman–Crippen LogP) is 2.55. The molecule has 0 saturated carbocycles. The van der Waals surface area contributed by atoms with Gasteiger partial charge in [-0.2, -0.15) is 0 Å². The molecule has 2 aromatic heterocycles. The third-order valence-electron chi connectivity index (χ3n) is 4.77. The van der Waals surface area contributed by atoms with Crippen LogP contribution in [-0.4, -0.2) is 69.4 Å². The number of amides is 2. The SMILES string of the molecule is CN(C)C(=O)CCN(C)C(=O)c1nc2c(Nc3ccc4c(c3)SC(=O)C4)ncnc2s1. The second-order valence-corrected chi connectivity index (χ2v) is 9.34. The summed E-state index contributed by atoms with van der Waals surface area (Å²) in [5, 5.41) is 3.64. The summed E-state index contributed by atoms with van der Waals surface area (Å²) in [4.78, 5) is 53.7. The fourth-order valence-corrected chi connectivity index (χ4v) is 4.85. The van der Waals surface area contributed by atoms with Crippen molar-refractivity contribution >= 4 is 61.9 Å². The molecule has 0 aliphatic carbocycles. The number of thiazole rings is 1. The molecule has 31 heavy (non-hydrogen) atoms. The van der Waals surface area contributed by atoms with Crippen LogP contribution in [-0.2, 0) is 16.0 Å². The van der Waals surface area contributed by atoms with E-state index in [0.717, 1.165) is 16.1 Å². The van der Waals surface area contributed by atoms with E-state index in [4.69, 9.17) is 0 Å². The Balaban J connectivity index is 1.53. The van der Waals surface area contributed by atoms with Crippen LogP contribution < -0.4 is 5.32 Å². The van der Waals surface area contributed by atoms with Gasteiger partial charge in [-0.1, -0.05) is 29.2 Å². The highest BCUT2D eigenvalue weighted by molar-refractivity contribution is 8.14. The predicted molar refractivity (Wildman–Crippen MR) is 120 cm³/mol. The molecule has 2 amide bonds. The number of anilines is 2. The van der Waals surface area contributed by atoms with Gasteiger partial charge in [-0.25, -0.2) is 15.0 Å². The topological polar surface area (TPSA) is 108 Å². The Morgan fingerprint density at radius 1 is 1.19 bits per heavy atom. The zero-order valence-corrected chi connectivity index (χ0v) is 18.8. The van der Waals surface area contributed by atoms with E-state index in [1.54, 1.807) is 21.1 Å². The lowest BCUT2D eigenvalue weighted by Crippen LogP contribution is -2.32. The number of rotatable bonds is 6. The standard InChI is InChI=1S/C20H20N6O3S2/c1-25(2)14(27)6-7-26(3)20(29)19-24-16-17(21-10-22-18(16)31-19)23-12-5-4-11-8-15(28)30-13(11)9-12/h4-5,9-10H,6-8H2,1-3H3,(H,21,22,23). The van der Waals surface area contributed by atoms with Crippen LogP contribution in [0, 0.1) is 0 Å². The normalized spacial score (nSPS) is 12.7. The van der Waals surface area contributed by atoms with Crippen LogP contribution in [0.5, 0.6) is 0 Å². The van der Waals surface area contributed by atoms with Crippen LogP contribution in [0.4, 0.5) is 11.5 Å². The van der Waals surface area contributed by atoms with Crippen molar-refractivity contribution in [3.8, 4) is 0 Å². The molecular formula is C20H20N6O3S2. The molecule has 1 aliphatic heterocycles. The Bertz CT molecular complexity index is 1190. The van der Waals surface area contributed by atoms with Gasteiger partial charge in [-0.3, -0.25) is 14.4 Å². The smallest absolute Gasteiger partial charge is 0.282 e. The zero-order chi connectivity index (χ0) is 22.1. The Hall–Kier alpha value is -3.05. The van der Waals surface area contributed by atoms with Crippen molar-refractivity contribution in [2.75, 3.05) is 33.0 Å². The van der Waals surface area contributed by atoms with Crippen LogP contribution in [0.15, 0.2) is 29.4 Å². The monoisotopic (exact) mass is 456 g/mol. The van der Waals surface area contributed by atoms with E-state index >= 15 is 0 Å². The molecule has 11 heteroatoms. The summed E-state index contributed by atoms with van der Waals surface area (Å²) in [6, 6.07) is 5.72. The molecular weight excluding hydrogens is 436 g/mol. The molecule has 3 aromatic rings. The number of hydrogen-bond donors (Lipinski definition) is 1. The van der Waals surface area contributed by atoms with Gasteiger partial charge in [0.15, 0.2) is 15.9 Å². The van der Waals surface area contributed by atoms with Crippen molar-refractivity contribution in [2.45, 2.75) is 17.7 Å². The first-order valence-corrected chi connectivity index (χ1v) is 11.1. The molecule has 4 rings (SSSR count). The van der Waals surface area contributed by atoms with Gasteiger partial charge in [0.1, 0.15) is 16.7 Å². The number of thioether (sulfide) groups is 1. The lowest BCUT2D eigenvalue weighted by atomic mass is 10.1. The van der Waals surface area contributed by atoms with Gasteiger partial charge in [0, 0.05) is 51.1 Å². The van der Waals surface area contributed by atoms with Crippen molar-refractivity contribution < 1.29 is 14.4 Å².